The Hall–Kier alpha value is -4.10. The summed E-state index contributed by atoms with van der Waals surface area (Å²) < 4.78 is 11.9. The van der Waals surface area contributed by atoms with Crippen LogP contribution in [0.25, 0.3) is 11.4 Å². The molecule has 1 aliphatic rings. The standard InChI is InChI=1S/C34H40N4O3/c1-6-37(7-2)34(39)26-15-13-24(14-16-26)32-29-20-31(41-23(3)4)30(40-5)19-27(29)17-18-38(32)22-28-21-35-33(36-28)25-11-9-8-10-12-25/h8-16,19-21,23,32H,6-7,17-18,22H2,1-5H3,(H,35,36). The van der Waals surface area contributed by atoms with Crippen molar-refractivity contribution in [3.05, 3.63) is 101 Å². The van der Waals surface area contributed by atoms with Gasteiger partial charge in [-0.1, -0.05) is 42.5 Å². The first-order valence-electron chi connectivity index (χ1n) is 14.5. The Morgan fingerprint density at radius 2 is 1.78 bits per heavy atom. The summed E-state index contributed by atoms with van der Waals surface area (Å²) in [6.45, 7) is 11.0. The van der Waals surface area contributed by atoms with Crippen LogP contribution in [0.15, 0.2) is 72.9 Å². The van der Waals surface area contributed by atoms with E-state index in [9.17, 15) is 4.79 Å². The third kappa shape index (κ3) is 6.15. The van der Waals surface area contributed by atoms with Crippen LogP contribution in [-0.2, 0) is 13.0 Å². The number of nitrogens with zero attached hydrogens (tertiary/aromatic N) is 3. The lowest BCUT2D eigenvalue weighted by Crippen LogP contribution is -2.36. The maximum absolute atomic E-state index is 13.0. The van der Waals surface area contributed by atoms with Crippen molar-refractivity contribution in [1.29, 1.82) is 0 Å². The Morgan fingerprint density at radius 3 is 2.44 bits per heavy atom. The minimum atomic E-state index is -0.0275. The van der Waals surface area contributed by atoms with E-state index in [1.54, 1.807) is 7.11 Å². The normalized spacial score (nSPS) is 15.0. The topological polar surface area (TPSA) is 70.7 Å². The molecule has 4 aromatic rings. The van der Waals surface area contributed by atoms with E-state index < -0.39 is 0 Å². The summed E-state index contributed by atoms with van der Waals surface area (Å²) in [5, 5.41) is 0. The van der Waals surface area contributed by atoms with Gasteiger partial charge in [0.05, 0.1) is 19.3 Å². The number of amides is 1. The Balaban J connectivity index is 1.52. The van der Waals surface area contributed by atoms with Crippen LogP contribution in [0.5, 0.6) is 11.5 Å². The van der Waals surface area contributed by atoms with Crippen molar-refractivity contribution in [1.82, 2.24) is 19.8 Å². The van der Waals surface area contributed by atoms with Crippen molar-refractivity contribution in [2.24, 2.45) is 0 Å². The zero-order valence-electron chi connectivity index (χ0n) is 24.7. The van der Waals surface area contributed by atoms with E-state index in [1.165, 1.54) is 11.1 Å². The molecule has 1 unspecified atom stereocenters. The number of fused-ring (bicyclic) bond motifs is 1. The highest BCUT2D eigenvalue weighted by molar-refractivity contribution is 5.94. The first-order chi connectivity index (χ1) is 19.9. The lowest BCUT2D eigenvalue weighted by atomic mass is 9.87. The summed E-state index contributed by atoms with van der Waals surface area (Å²) in [5.74, 6) is 2.43. The second kappa shape index (κ2) is 12.6. The van der Waals surface area contributed by atoms with E-state index in [2.05, 4.69) is 51.3 Å². The van der Waals surface area contributed by atoms with Gasteiger partial charge in [0.2, 0.25) is 0 Å². The number of H-pyrrole nitrogens is 1. The fourth-order valence-corrected chi connectivity index (χ4v) is 5.65. The molecule has 7 nitrogen and oxygen atoms in total. The summed E-state index contributed by atoms with van der Waals surface area (Å²) in [7, 11) is 1.69. The third-order valence-electron chi connectivity index (χ3n) is 7.69. The molecule has 1 N–H and O–H groups in total. The number of aromatic nitrogens is 2. The summed E-state index contributed by atoms with van der Waals surface area (Å²) in [5.41, 5.74) is 6.40. The molecule has 0 spiro atoms. The van der Waals surface area contributed by atoms with E-state index in [0.29, 0.717) is 25.2 Å². The predicted molar refractivity (Wildman–Crippen MR) is 162 cm³/mol. The number of rotatable bonds is 10. The van der Waals surface area contributed by atoms with Gasteiger partial charge in [-0.25, -0.2) is 4.98 Å². The molecule has 41 heavy (non-hydrogen) atoms. The van der Waals surface area contributed by atoms with E-state index in [4.69, 9.17) is 9.47 Å². The highest BCUT2D eigenvalue weighted by atomic mass is 16.5. The first kappa shape index (κ1) is 28.4. The number of carbonyl (C=O) groups excluding carboxylic acids is 1. The van der Waals surface area contributed by atoms with Gasteiger partial charge in [-0.15, -0.1) is 0 Å². The van der Waals surface area contributed by atoms with Gasteiger partial charge in [0, 0.05) is 49.2 Å². The lowest BCUT2D eigenvalue weighted by Gasteiger charge is -2.38. The Labute approximate surface area is 243 Å². The minimum absolute atomic E-state index is 0.0202. The SMILES string of the molecule is CCN(CC)C(=O)c1ccc(C2c3cc(OC(C)C)c(OC)cc3CCN2Cc2cnc(-c3ccccc3)[nH]2)cc1. The van der Waals surface area contributed by atoms with Gasteiger partial charge in [-0.2, -0.15) is 0 Å². The fourth-order valence-electron chi connectivity index (χ4n) is 5.65. The van der Waals surface area contributed by atoms with Crippen molar-refractivity contribution in [3.8, 4) is 22.9 Å². The van der Waals surface area contributed by atoms with Crippen LogP contribution in [0, 0.1) is 0 Å². The van der Waals surface area contributed by atoms with E-state index in [1.807, 2.05) is 69.1 Å². The maximum Gasteiger partial charge on any atom is 0.253 e. The molecule has 2 heterocycles. The van der Waals surface area contributed by atoms with Crippen LogP contribution in [-0.4, -0.2) is 58.5 Å². The molecule has 214 valence electrons. The quantitative estimate of drug-likeness (QED) is 0.243. The number of benzene rings is 3. The minimum Gasteiger partial charge on any atom is -0.493 e. The van der Waals surface area contributed by atoms with Gasteiger partial charge in [0.1, 0.15) is 5.82 Å². The van der Waals surface area contributed by atoms with Gasteiger partial charge in [-0.05, 0) is 75.1 Å². The number of carbonyl (C=O) groups is 1. The highest BCUT2D eigenvalue weighted by Crippen LogP contribution is 2.42. The highest BCUT2D eigenvalue weighted by Gasteiger charge is 2.31. The molecule has 0 saturated carbocycles. The summed E-state index contributed by atoms with van der Waals surface area (Å²) >= 11 is 0. The summed E-state index contributed by atoms with van der Waals surface area (Å²) in [6, 6.07) is 22.5. The predicted octanol–water partition coefficient (Wildman–Crippen LogP) is 6.50. The summed E-state index contributed by atoms with van der Waals surface area (Å²) in [6.07, 6.45) is 2.84. The van der Waals surface area contributed by atoms with Crippen molar-refractivity contribution in [3.63, 3.8) is 0 Å². The second-order valence-electron chi connectivity index (χ2n) is 10.7. The zero-order chi connectivity index (χ0) is 28.9. The molecule has 3 aromatic carbocycles. The van der Waals surface area contributed by atoms with Gasteiger partial charge in [0.25, 0.3) is 5.91 Å². The van der Waals surface area contributed by atoms with E-state index in [0.717, 1.165) is 47.1 Å². The van der Waals surface area contributed by atoms with Gasteiger partial charge >= 0.3 is 0 Å². The van der Waals surface area contributed by atoms with Crippen LogP contribution in [0.3, 0.4) is 0 Å². The van der Waals surface area contributed by atoms with Crippen LogP contribution in [0.4, 0.5) is 0 Å². The molecule has 1 atom stereocenters. The summed E-state index contributed by atoms with van der Waals surface area (Å²) in [4.78, 5) is 25.5. The molecule has 0 saturated heterocycles. The smallest absolute Gasteiger partial charge is 0.253 e. The Kier molecular flexibility index (Phi) is 8.74. The van der Waals surface area contributed by atoms with Crippen LogP contribution >= 0.6 is 0 Å². The molecule has 1 aromatic heterocycles. The lowest BCUT2D eigenvalue weighted by molar-refractivity contribution is 0.0773. The number of aromatic amines is 1. The Bertz CT molecular complexity index is 1460. The molecule has 0 radical (unpaired) electrons. The molecule has 0 bridgehead atoms. The zero-order valence-corrected chi connectivity index (χ0v) is 24.7. The number of nitrogens with one attached hydrogen (secondary N) is 1. The number of imidazole rings is 1. The van der Waals surface area contributed by atoms with E-state index in [-0.39, 0.29) is 18.1 Å². The second-order valence-corrected chi connectivity index (χ2v) is 10.7. The average molecular weight is 553 g/mol. The van der Waals surface area contributed by atoms with Gasteiger partial charge in [-0.3, -0.25) is 9.69 Å². The molecule has 0 fully saturated rings. The van der Waals surface area contributed by atoms with Gasteiger partial charge < -0.3 is 19.4 Å². The van der Waals surface area contributed by atoms with Crippen molar-refractivity contribution < 1.29 is 14.3 Å². The molecule has 1 amide bonds. The monoisotopic (exact) mass is 552 g/mol. The molecular weight excluding hydrogens is 512 g/mol. The number of ether oxygens (including phenoxy) is 2. The molecular formula is C34H40N4O3. The molecule has 1 aliphatic heterocycles. The van der Waals surface area contributed by atoms with Crippen LogP contribution in [0.2, 0.25) is 0 Å². The van der Waals surface area contributed by atoms with Gasteiger partial charge in [0.15, 0.2) is 11.5 Å². The van der Waals surface area contributed by atoms with E-state index >= 15 is 0 Å². The van der Waals surface area contributed by atoms with Crippen molar-refractivity contribution in [2.75, 3.05) is 26.7 Å². The fraction of sp³-hybridized carbons (Fsp3) is 0.353. The Morgan fingerprint density at radius 1 is 1.05 bits per heavy atom. The molecule has 7 heteroatoms. The maximum atomic E-state index is 13.0. The average Bonchev–Trinajstić information content (AvgIpc) is 3.46. The third-order valence-corrected chi connectivity index (χ3v) is 7.69. The number of methoxy groups -OCH3 is 1. The van der Waals surface area contributed by atoms with Crippen LogP contribution < -0.4 is 9.47 Å². The number of hydrogen-bond donors (Lipinski definition) is 1. The van der Waals surface area contributed by atoms with Crippen molar-refractivity contribution >= 4 is 5.91 Å². The number of hydrogen-bond acceptors (Lipinski definition) is 5. The van der Waals surface area contributed by atoms with Crippen LogP contribution in [0.1, 0.15) is 66.5 Å². The molecule has 0 aliphatic carbocycles. The largest absolute Gasteiger partial charge is 0.493 e. The first-order valence-corrected chi connectivity index (χ1v) is 14.5. The molecule has 5 rings (SSSR count). The van der Waals surface area contributed by atoms with Crippen molar-refractivity contribution in [2.45, 2.75) is 52.8 Å².